The Hall–Kier alpha value is -6.44. The summed E-state index contributed by atoms with van der Waals surface area (Å²) in [4.78, 5) is 37.4. The third-order valence-electron chi connectivity index (χ3n) is 9.27. The summed E-state index contributed by atoms with van der Waals surface area (Å²) in [5, 5.41) is 11.2. The molecule has 2 N–H and O–H groups in total. The SMILES string of the molecule is COC(=O)c1cnn2c(N(Cc3ccccc3)Cc3ccccc3)c(-c3ccn(C)c3)c(N[C@@H](c3cc(F)cnc3O[C@@H](C)CNC(=O)OC(C)(C)C)C(C)C)nc12. The van der Waals surface area contributed by atoms with Crippen LogP contribution in [0.1, 0.15) is 74.6 Å². The zero-order valence-corrected chi connectivity index (χ0v) is 34.2. The van der Waals surface area contributed by atoms with Crippen molar-refractivity contribution in [3.05, 3.63) is 126 Å². The highest BCUT2D eigenvalue weighted by atomic mass is 19.1. The van der Waals surface area contributed by atoms with Gasteiger partial charge in [-0.25, -0.2) is 23.9 Å². The Labute approximate surface area is 338 Å². The lowest BCUT2D eigenvalue weighted by molar-refractivity contribution is 0.0502. The lowest BCUT2D eigenvalue weighted by atomic mass is 9.96. The molecule has 58 heavy (non-hydrogen) atoms. The van der Waals surface area contributed by atoms with Crippen LogP contribution in [0.3, 0.4) is 0 Å². The molecule has 2 aromatic carbocycles. The molecule has 0 aliphatic carbocycles. The quantitative estimate of drug-likeness (QED) is 0.0977. The maximum absolute atomic E-state index is 15.2. The molecule has 0 aliphatic rings. The molecule has 0 radical (unpaired) electrons. The van der Waals surface area contributed by atoms with E-state index in [-0.39, 0.29) is 29.6 Å². The van der Waals surface area contributed by atoms with E-state index in [2.05, 4.69) is 44.8 Å². The lowest BCUT2D eigenvalue weighted by Gasteiger charge is -2.31. The molecule has 13 nitrogen and oxygen atoms in total. The number of fused-ring (bicyclic) bond motifs is 1. The minimum absolute atomic E-state index is 0.114. The largest absolute Gasteiger partial charge is 0.473 e. The first-order valence-corrected chi connectivity index (χ1v) is 19.2. The van der Waals surface area contributed by atoms with Crippen molar-refractivity contribution in [3.63, 3.8) is 0 Å². The zero-order valence-electron chi connectivity index (χ0n) is 34.2. The van der Waals surface area contributed by atoms with E-state index in [1.54, 1.807) is 32.2 Å². The summed E-state index contributed by atoms with van der Waals surface area (Å²) in [5.41, 5.74) is 3.86. The van der Waals surface area contributed by atoms with E-state index in [0.29, 0.717) is 35.9 Å². The number of ether oxygens (including phenoxy) is 3. The van der Waals surface area contributed by atoms with Gasteiger partial charge < -0.3 is 34.3 Å². The first-order valence-electron chi connectivity index (χ1n) is 19.2. The highest BCUT2D eigenvalue weighted by molar-refractivity contribution is 5.98. The van der Waals surface area contributed by atoms with Crippen molar-refractivity contribution in [1.29, 1.82) is 0 Å². The summed E-state index contributed by atoms with van der Waals surface area (Å²) >= 11 is 0. The predicted octanol–water partition coefficient (Wildman–Crippen LogP) is 8.36. The van der Waals surface area contributed by atoms with Crippen molar-refractivity contribution in [2.24, 2.45) is 13.0 Å². The summed E-state index contributed by atoms with van der Waals surface area (Å²) in [5.74, 6) is -0.0471. The number of hydrogen-bond acceptors (Lipinski definition) is 10. The van der Waals surface area contributed by atoms with E-state index in [4.69, 9.17) is 24.3 Å². The molecule has 14 heteroatoms. The van der Waals surface area contributed by atoms with E-state index < -0.39 is 35.6 Å². The van der Waals surface area contributed by atoms with Gasteiger partial charge in [0, 0.05) is 43.7 Å². The van der Waals surface area contributed by atoms with Gasteiger partial charge >= 0.3 is 12.1 Å². The third kappa shape index (κ3) is 9.92. The average molecular weight is 791 g/mol. The second-order valence-electron chi connectivity index (χ2n) is 15.6. The van der Waals surface area contributed by atoms with E-state index in [9.17, 15) is 9.59 Å². The average Bonchev–Trinajstić information content (AvgIpc) is 3.81. The maximum Gasteiger partial charge on any atom is 0.407 e. The van der Waals surface area contributed by atoms with Crippen LogP contribution in [0.15, 0.2) is 97.6 Å². The summed E-state index contributed by atoms with van der Waals surface area (Å²) in [6.45, 7) is 12.2. The molecule has 1 amide bonds. The maximum atomic E-state index is 15.2. The van der Waals surface area contributed by atoms with Crippen molar-refractivity contribution >= 4 is 29.3 Å². The number of benzene rings is 2. The first-order chi connectivity index (χ1) is 27.7. The van der Waals surface area contributed by atoms with Crippen LogP contribution in [0.4, 0.5) is 20.8 Å². The van der Waals surface area contributed by atoms with Gasteiger partial charge in [0.2, 0.25) is 5.88 Å². The second kappa shape index (κ2) is 17.8. The molecule has 4 heterocycles. The molecular weight excluding hydrogens is 740 g/mol. The highest BCUT2D eigenvalue weighted by Gasteiger charge is 2.31. The number of halogens is 1. The van der Waals surface area contributed by atoms with Crippen molar-refractivity contribution in [3.8, 4) is 17.0 Å². The van der Waals surface area contributed by atoms with Gasteiger partial charge in [-0.15, -0.1) is 0 Å². The number of nitrogens with zero attached hydrogens (tertiary/aromatic N) is 6. The van der Waals surface area contributed by atoms with Gasteiger partial charge in [0.05, 0.1) is 37.7 Å². The van der Waals surface area contributed by atoms with Crippen LogP contribution in [0.5, 0.6) is 5.88 Å². The molecule has 0 saturated heterocycles. The number of hydrogen-bond donors (Lipinski definition) is 2. The van der Waals surface area contributed by atoms with Gasteiger partial charge in [-0.05, 0) is 56.9 Å². The van der Waals surface area contributed by atoms with Crippen LogP contribution < -0.4 is 20.3 Å². The monoisotopic (exact) mass is 790 g/mol. The van der Waals surface area contributed by atoms with Crippen molar-refractivity contribution in [2.75, 3.05) is 23.9 Å². The highest BCUT2D eigenvalue weighted by Crippen LogP contribution is 2.42. The Morgan fingerprint density at radius 1 is 0.948 bits per heavy atom. The zero-order chi connectivity index (χ0) is 41.6. The topological polar surface area (TPSA) is 137 Å². The molecule has 0 unspecified atom stereocenters. The number of nitrogens with one attached hydrogen (secondary N) is 2. The number of amides is 1. The number of methoxy groups -OCH3 is 1. The fourth-order valence-corrected chi connectivity index (χ4v) is 6.65. The molecule has 0 spiro atoms. The summed E-state index contributed by atoms with van der Waals surface area (Å²) < 4.78 is 35.7. The molecule has 6 rings (SSSR count). The Kier molecular flexibility index (Phi) is 12.6. The van der Waals surface area contributed by atoms with Crippen molar-refractivity contribution in [2.45, 2.75) is 72.4 Å². The lowest BCUT2D eigenvalue weighted by Crippen LogP contribution is -2.38. The Morgan fingerprint density at radius 2 is 1.60 bits per heavy atom. The fourth-order valence-electron chi connectivity index (χ4n) is 6.65. The molecule has 0 fully saturated rings. The minimum atomic E-state index is -0.666. The molecule has 0 bridgehead atoms. The van der Waals surface area contributed by atoms with Crippen LogP contribution in [-0.4, -0.2) is 61.6 Å². The van der Waals surface area contributed by atoms with Gasteiger partial charge in [-0.2, -0.15) is 9.61 Å². The van der Waals surface area contributed by atoms with E-state index >= 15 is 4.39 Å². The number of carbonyl (C=O) groups excluding carboxylic acids is 2. The molecule has 0 aliphatic heterocycles. The minimum Gasteiger partial charge on any atom is -0.473 e. The number of pyridine rings is 1. The molecule has 304 valence electrons. The Morgan fingerprint density at radius 3 is 2.17 bits per heavy atom. The number of carbonyl (C=O) groups is 2. The summed E-state index contributed by atoms with van der Waals surface area (Å²) in [6.07, 6.45) is 5.37. The number of anilines is 2. The van der Waals surface area contributed by atoms with Gasteiger partial charge in [0.25, 0.3) is 0 Å². The Balaban J connectivity index is 1.52. The van der Waals surface area contributed by atoms with Crippen molar-refractivity contribution in [1.82, 2.24) is 29.5 Å². The third-order valence-corrected chi connectivity index (χ3v) is 9.27. The number of aromatic nitrogens is 5. The van der Waals surface area contributed by atoms with E-state index in [1.165, 1.54) is 19.4 Å². The number of esters is 1. The summed E-state index contributed by atoms with van der Waals surface area (Å²) in [7, 11) is 3.26. The van der Waals surface area contributed by atoms with Gasteiger partial charge in [-0.1, -0.05) is 74.5 Å². The smallest absolute Gasteiger partial charge is 0.407 e. The molecule has 0 saturated carbocycles. The number of aryl methyl sites for hydroxylation is 1. The standard InChI is InChI=1S/C44H51FN8O5/c1-28(2)37(34-21-33(45)23-46-40(34)57-29(3)22-47-43(55)58-44(4,5)6)49-38-36(32-19-20-51(7)27-32)41(53-39(50-38)35(24-48-53)42(54)56-8)52(25-30-15-11-9-12-16-30)26-31-17-13-10-14-18-31/h9-21,23-24,27-29,37H,22,25-26H2,1-8H3,(H,47,55)(H,49,50)/t29-,37+/m0/s1. The molecule has 6 aromatic rings. The normalized spacial score (nSPS) is 12.6. The number of rotatable bonds is 15. The fraction of sp³-hybridized carbons (Fsp3) is 0.341. The Bertz CT molecular complexity index is 2300. The van der Waals surface area contributed by atoms with E-state index in [0.717, 1.165) is 22.9 Å². The molecule has 2 atom stereocenters. The summed E-state index contributed by atoms with van der Waals surface area (Å²) in [6, 6.07) is 23.0. The molecular formula is C44H51FN8O5. The van der Waals surface area contributed by atoms with Crippen LogP contribution in [0, 0.1) is 11.7 Å². The van der Waals surface area contributed by atoms with Crippen LogP contribution in [0.2, 0.25) is 0 Å². The predicted molar refractivity (Wildman–Crippen MR) is 221 cm³/mol. The van der Waals surface area contributed by atoms with Crippen LogP contribution >= 0.6 is 0 Å². The van der Waals surface area contributed by atoms with Gasteiger partial charge in [-0.3, -0.25) is 0 Å². The van der Waals surface area contributed by atoms with Crippen LogP contribution in [0.25, 0.3) is 16.8 Å². The van der Waals surface area contributed by atoms with Crippen molar-refractivity contribution < 1.29 is 28.2 Å². The van der Waals surface area contributed by atoms with Crippen LogP contribution in [-0.2, 0) is 29.6 Å². The van der Waals surface area contributed by atoms with E-state index in [1.807, 2.05) is 80.3 Å². The first kappa shape index (κ1) is 41.2. The molecule has 4 aromatic heterocycles. The van der Waals surface area contributed by atoms with Gasteiger partial charge in [0.1, 0.15) is 34.7 Å². The second-order valence-corrected chi connectivity index (χ2v) is 15.6. The van der Waals surface area contributed by atoms with Gasteiger partial charge in [0.15, 0.2) is 5.65 Å². The number of alkyl carbamates (subject to hydrolysis) is 1.